The quantitative estimate of drug-likeness (QED) is 0.783. The first-order valence-electron chi connectivity index (χ1n) is 9.58. The molecular formula is C21H29N3OS. The van der Waals surface area contributed by atoms with Crippen molar-refractivity contribution in [1.82, 2.24) is 9.88 Å². The van der Waals surface area contributed by atoms with Crippen LogP contribution in [0.15, 0.2) is 18.2 Å². The first-order chi connectivity index (χ1) is 12.5. The summed E-state index contributed by atoms with van der Waals surface area (Å²) in [5.41, 5.74) is 4.85. The summed E-state index contributed by atoms with van der Waals surface area (Å²) in [5.74, 6) is 0.156. The number of nitrogens with zero attached hydrogens (tertiary/aromatic N) is 3. The van der Waals surface area contributed by atoms with Crippen molar-refractivity contribution < 1.29 is 4.79 Å². The third-order valence-corrected chi connectivity index (χ3v) is 6.47. The van der Waals surface area contributed by atoms with Gasteiger partial charge in [0.05, 0.1) is 10.7 Å². The lowest BCUT2D eigenvalue weighted by molar-refractivity contribution is 0.0750. The predicted molar refractivity (Wildman–Crippen MR) is 109 cm³/mol. The number of anilines is 1. The van der Waals surface area contributed by atoms with Gasteiger partial charge >= 0.3 is 0 Å². The second-order valence-electron chi connectivity index (χ2n) is 7.12. The van der Waals surface area contributed by atoms with E-state index in [0.717, 1.165) is 61.0 Å². The second-order valence-corrected chi connectivity index (χ2v) is 8.21. The maximum absolute atomic E-state index is 12.9. The normalized spacial score (nSPS) is 14.8. The summed E-state index contributed by atoms with van der Waals surface area (Å²) in [4.78, 5) is 22.8. The molecular weight excluding hydrogens is 342 g/mol. The van der Waals surface area contributed by atoms with Crippen LogP contribution < -0.4 is 4.90 Å². The molecule has 0 atom stereocenters. The lowest BCUT2D eigenvalue weighted by Crippen LogP contribution is -2.49. The molecule has 0 radical (unpaired) electrons. The van der Waals surface area contributed by atoms with Gasteiger partial charge in [0.25, 0.3) is 5.91 Å². The summed E-state index contributed by atoms with van der Waals surface area (Å²) in [6, 6.07) is 6.46. The van der Waals surface area contributed by atoms with E-state index in [-0.39, 0.29) is 5.91 Å². The maximum Gasteiger partial charge on any atom is 0.265 e. The first kappa shape index (κ1) is 18.9. The highest BCUT2D eigenvalue weighted by atomic mass is 32.1. The number of unbranched alkanes of at least 4 members (excludes halogenated alkanes) is 1. The number of amides is 1. The molecule has 0 aliphatic carbocycles. The minimum atomic E-state index is 0.156. The molecule has 1 fully saturated rings. The Bertz CT molecular complexity index is 776. The Morgan fingerprint density at radius 2 is 1.88 bits per heavy atom. The summed E-state index contributed by atoms with van der Waals surface area (Å²) in [7, 11) is 0. The molecule has 5 heteroatoms. The van der Waals surface area contributed by atoms with Gasteiger partial charge in [0.1, 0.15) is 4.88 Å². The minimum absolute atomic E-state index is 0.156. The van der Waals surface area contributed by atoms with E-state index in [0.29, 0.717) is 0 Å². The van der Waals surface area contributed by atoms with Gasteiger partial charge in [0.15, 0.2) is 0 Å². The zero-order valence-electron chi connectivity index (χ0n) is 16.3. The summed E-state index contributed by atoms with van der Waals surface area (Å²) < 4.78 is 0. The molecule has 0 unspecified atom stereocenters. The van der Waals surface area contributed by atoms with E-state index < -0.39 is 0 Å². The van der Waals surface area contributed by atoms with Crippen molar-refractivity contribution >= 4 is 22.9 Å². The highest BCUT2D eigenvalue weighted by molar-refractivity contribution is 7.13. The van der Waals surface area contributed by atoms with Gasteiger partial charge in [-0.2, -0.15) is 0 Å². The first-order valence-corrected chi connectivity index (χ1v) is 10.4. The van der Waals surface area contributed by atoms with Crippen molar-refractivity contribution in [2.24, 2.45) is 0 Å². The molecule has 1 aliphatic rings. The summed E-state index contributed by atoms with van der Waals surface area (Å²) in [5, 5.41) is 1.10. The summed E-state index contributed by atoms with van der Waals surface area (Å²) >= 11 is 1.59. The number of piperazine rings is 1. The summed E-state index contributed by atoms with van der Waals surface area (Å²) in [6.07, 6.45) is 3.27. The fourth-order valence-electron chi connectivity index (χ4n) is 3.46. The van der Waals surface area contributed by atoms with Crippen LogP contribution in [0.3, 0.4) is 0 Å². The molecule has 4 nitrogen and oxygen atoms in total. The van der Waals surface area contributed by atoms with Gasteiger partial charge in [-0.1, -0.05) is 25.5 Å². The van der Waals surface area contributed by atoms with E-state index in [9.17, 15) is 4.79 Å². The SMILES string of the molecule is CCCCc1nc(C)c(C(=O)N2CCN(c3cccc(C)c3C)CC2)s1. The third-order valence-electron chi connectivity index (χ3n) is 5.26. The molecule has 26 heavy (non-hydrogen) atoms. The third kappa shape index (κ3) is 3.93. The van der Waals surface area contributed by atoms with Crippen LogP contribution in [-0.2, 0) is 6.42 Å². The van der Waals surface area contributed by atoms with Crippen LogP contribution in [0.1, 0.15) is 51.3 Å². The molecule has 140 valence electrons. The second kappa shape index (κ2) is 8.21. The molecule has 3 rings (SSSR count). The molecule has 0 saturated carbocycles. The van der Waals surface area contributed by atoms with E-state index in [1.165, 1.54) is 16.8 Å². The number of benzene rings is 1. The van der Waals surface area contributed by atoms with Gasteiger partial charge in [0, 0.05) is 31.9 Å². The fourth-order valence-corrected chi connectivity index (χ4v) is 4.53. The summed E-state index contributed by atoms with van der Waals surface area (Å²) in [6.45, 7) is 11.8. The highest BCUT2D eigenvalue weighted by Gasteiger charge is 2.26. The Labute approximate surface area is 160 Å². The largest absolute Gasteiger partial charge is 0.368 e. The maximum atomic E-state index is 12.9. The standard InChI is InChI=1S/C21H29N3OS/c1-5-6-10-19-22-17(4)20(26-19)21(25)24-13-11-23(12-14-24)18-9-7-8-15(2)16(18)3/h7-9H,5-6,10-14H2,1-4H3. The van der Waals surface area contributed by atoms with Crippen molar-refractivity contribution in [1.29, 1.82) is 0 Å². The van der Waals surface area contributed by atoms with Crippen LogP contribution in [0.2, 0.25) is 0 Å². The van der Waals surface area contributed by atoms with E-state index >= 15 is 0 Å². The Balaban J connectivity index is 1.65. The minimum Gasteiger partial charge on any atom is -0.368 e. The zero-order chi connectivity index (χ0) is 18.7. The van der Waals surface area contributed by atoms with Crippen molar-refractivity contribution in [3.63, 3.8) is 0 Å². The van der Waals surface area contributed by atoms with Crippen molar-refractivity contribution in [2.75, 3.05) is 31.1 Å². The van der Waals surface area contributed by atoms with E-state index in [2.05, 4.69) is 48.9 Å². The van der Waals surface area contributed by atoms with Crippen molar-refractivity contribution in [2.45, 2.75) is 47.0 Å². The van der Waals surface area contributed by atoms with Crippen LogP contribution in [0.5, 0.6) is 0 Å². The van der Waals surface area contributed by atoms with Crippen LogP contribution in [0, 0.1) is 20.8 Å². The number of aryl methyl sites for hydroxylation is 3. The van der Waals surface area contributed by atoms with Gasteiger partial charge in [-0.05, 0) is 50.8 Å². The average molecular weight is 372 g/mol. The molecule has 2 heterocycles. The number of hydrogen-bond donors (Lipinski definition) is 0. The fraction of sp³-hybridized carbons (Fsp3) is 0.524. The van der Waals surface area contributed by atoms with Crippen LogP contribution in [0.25, 0.3) is 0 Å². The lowest BCUT2D eigenvalue weighted by Gasteiger charge is -2.37. The molecule has 1 amide bonds. The topological polar surface area (TPSA) is 36.4 Å². The Morgan fingerprint density at radius 1 is 1.15 bits per heavy atom. The van der Waals surface area contributed by atoms with Gasteiger partial charge in [0.2, 0.25) is 0 Å². The van der Waals surface area contributed by atoms with Crippen molar-refractivity contribution in [3.05, 3.63) is 44.9 Å². The van der Waals surface area contributed by atoms with E-state index in [1.54, 1.807) is 11.3 Å². The molecule has 1 aliphatic heterocycles. The molecule has 1 saturated heterocycles. The van der Waals surface area contributed by atoms with Crippen LogP contribution in [0.4, 0.5) is 5.69 Å². The van der Waals surface area contributed by atoms with Crippen LogP contribution in [-0.4, -0.2) is 42.0 Å². The van der Waals surface area contributed by atoms with E-state index in [4.69, 9.17) is 0 Å². The number of thiazole rings is 1. The number of carbonyl (C=O) groups excluding carboxylic acids is 1. The monoisotopic (exact) mass is 371 g/mol. The average Bonchev–Trinajstić information content (AvgIpc) is 3.02. The molecule has 1 aromatic carbocycles. The number of hydrogen-bond acceptors (Lipinski definition) is 4. The Morgan fingerprint density at radius 3 is 2.58 bits per heavy atom. The van der Waals surface area contributed by atoms with Crippen molar-refractivity contribution in [3.8, 4) is 0 Å². The Hall–Kier alpha value is -1.88. The zero-order valence-corrected chi connectivity index (χ0v) is 17.2. The van der Waals surface area contributed by atoms with Gasteiger partial charge in [-0.25, -0.2) is 4.98 Å². The molecule has 0 spiro atoms. The van der Waals surface area contributed by atoms with Gasteiger partial charge in [-0.3, -0.25) is 4.79 Å². The number of carbonyl (C=O) groups is 1. The molecule has 1 aromatic heterocycles. The molecule has 2 aromatic rings. The molecule has 0 N–H and O–H groups in total. The lowest BCUT2D eigenvalue weighted by atomic mass is 10.1. The number of aromatic nitrogens is 1. The Kier molecular flexibility index (Phi) is 5.97. The van der Waals surface area contributed by atoms with Gasteiger partial charge in [-0.15, -0.1) is 11.3 Å². The highest BCUT2D eigenvalue weighted by Crippen LogP contribution is 2.26. The number of rotatable bonds is 5. The molecule has 0 bridgehead atoms. The smallest absolute Gasteiger partial charge is 0.265 e. The van der Waals surface area contributed by atoms with E-state index in [1.807, 2.05) is 11.8 Å². The van der Waals surface area contributed by atoms with Gasteiger partial charge < -0.3 is 9.80 Å². The van der Waals surface area contributed by atoms with Crippen LogP contribution >= 0.6 is 11.3 Å². The predicted octanol–water partition coefficient (Wildman–Crippen LogP) is 4.37.